The van der Waals surface area contributed by atoms with Crippen molar-refractivity contribution in [3.63, 3.8) is 0 Å². The summed E-state index contributed by atoms with van der Waals surface area (Å²) < 4.78 is 5.99. The molecule has 2 aliphatic heterocycles. The second kappa shape index (κ2) is 13.5. The zero-order valence-electron chi connectivity index (χ0n) is 22.1. The van der Waals surface area contributed by atoms with E-state index in [1.807, 2.05) is 11.0 Å². The largest absolute Gasteiger partial charge is 0.374 e. The molecule has 0 radical (unpaired) electrons. The monoisotopic (exact) mass is 477 g/mol. The van der Waals surface area contributed by atoms with Crippen LogP contribution in [-0.2, 0) is 22.5 Å². The van der Waals surface area contributed by atoms with Crippen LogP contribution >= 0.6 is 0 Å². The van der Waals surface area contributed by atoms with Gasteiger partial charge >= 0.3 is 0 Å². The van der Waals surface area contributed by atoms with Gasteiger partial charge in [-0.15, -0.1) is 6.42 Å². The normalized spacial score (nSPS) is 19.5. The molecule has 35 heavy (non-hydrogen) atoms. The summed E-state index contributed by atoms with van der Waals surface area (Å²) in [6.45, 7) is 11.9. The van der Waals surface area contributed by atoms with Crippen LogP contribution in [0.25, 0.3) is 0 Å². The van der Waals surface area contributed by atoms with Gasteiger partial charge in [-0.2, -0.15) is 0 Å². The molecule has 2 aliphatic rings. The Balaban J connectivity index is 1.65. The molecule has 0 spiro atoms. The quantitative estimate of drug-likeness (QED) is 0.383. The molecule has 1 saturated heterocycles. The van der Waals surface area contributed by atoms with E-state index in [4.69, 9.17) is 11.2 Å². The fourth-order valence-corrected chi connectivity index (χ4v) is 4.93. The Bertz CT molecular complexity index is 943. The second-order valence-electron chi connectivity index (χ2n) is 10.4. The summed E-state index contributed by atoms with van der Waals surface area (Å²) in [6, 6.07) is 6.76. The van der Waals surface area contributed by atoms with E-state index in [2.05, 4.69) is 67.8 Å². The molecule has 1 aromatic carbocycles. The van der Waals surface area contributed by atoms with Gasteiger partial charge in [0.2, 0.25) is 0 Å². The average molecular weight is 478 g/mol. The van der Waals surface area contributed by atoms with E-state index in [-0.39, 0.29) is 5.91 Å². The summed E-state index contributed by atoms with van der Waals surface area (Å²) in [7, 11) is 2.18. The van der Waals surface area contributed by atoms with Gasteiger partial charge in [-0.1, -0.05) is 49.6 Å². The number of allylic oxidation sites excluding steroid dienone is 3. The van der Waals surface area contributed by atoms with E-state index in [9.17, 15) is 4.79 Å². The molecule has 1 atom stereocenters. The van der Waals surface area contributed by atoms with Crippen LogP contribution in [0.2, 0.25) is 0 Å². The number of benzene rings is 1. The predicted octanol–water partition coefficient (Wildman–Crippen LogP) is 4.67. The number of amides is 1. The Morgan fingerprint density at radius 2 is 2.14 bits per heavy atom. The van der Waals surface area contributed by atoms with Gasteiger partial charge in [0, 0.05) is 52.0 Å². The number of ether oxygens (including phenoxy) is 1. The fraction of sp³-hybridized carbons (Fsp3) is 0.567. The smallest absolute Gasteiger partial charge is 0.253 e. The minimum atomic E-state index is -0.405. The maximum atomic E-state index is 13.6. The standard InChI is InChI=1S/C30H43N3O2/c1-6-7-11-25(4)12-10-17-32-18-19-35-29(23-32)30(34)33(21-24(2)3)22-26-14-15-27-13-8-9-16-31(5)28(27)20-26/h1,7,11-12,14-15,20,24,29H,8-10,13,16-19,21-23H2,2-5H3/b11-7-,25-12-. The average Bonchev–Trinajstić information content (AvgIpc) is 3.03. The maximum absolute atomic E-state index is 13.6. The number of hydrogen-bond acceptors (Lipinski definition) is 4. The number of terminal acetylenes is 1. The number of carbonyl (C=O) groups excluding carboxylic acids is 1. The van der Waals surface area contributed by atoms with Gasteiger partial charge in [-0.25, -0.2) is 0 Å². The van der Waals surface area contributed by atoms with E-state index >= 15 is 0 Å². The number of anilines is 1. The minimum absolute atomic E-state index is 0.107. The number of morpholine rings is 1. The molecule has 0 bridgehead atoms. The molecule has 1 fully saturated rings. The van der Waals surface area contributed by atoms with Crippen LogP contribution in [0.1, 0.15) is 51.2 Å². The molecule has 3 rings (SSSR count). The highest BCUT2D eigenvalue weighted by Gasteiger charge is 2.30. The van der Waals surface area contributed by atoms with Crippen molar-refractivity contribution in [3.05, 3.63) is 53.1 Å². The van der Waals surface area contributed by atoms with Gasteiger partial charge in [0.1, 0.15) is 6.10 Å². The minimum Gasteiger partial charge on any atom is -0.374 e. The van der Waals surface area contributed by atoms with E-state index in [1.165, 1.54) is 35.2 Å². The molecule has 0 saturated carbocycles. The highest BCUT2D eigenvalue weighted by molar-refractivity contribution is 5.81. The first-order valence-electron chi connectivity index (χ1n) is 13.1. The van der Waals surface area contributed by atoms with Gasteiger partial charge in [0.05, 0.1) is 6.61 Å². The molecular formula is C30H43N3O2. The maximum Gasteiger partial charge on any atom is 0.253 e. The third-order valence-corrected chi connectivity index (χ3v) is 6.80. The highest BCUT2D eigenvalue weighted by Crippen LogP contribution is 2.27. The zero-order valence-corrected chi connectivity index (χ0v) is 22.1. The van der Waals surface area contributed by atoms with Crippen LogP contribution < -0.4 is 4.90 Å². The third-order valence-electron chi connectivity index (χ3n) is 6.80. The molecule has 1 amide bonds. The van der Waals surface area contributed by atoms with Gasteiger partial charge in [0.25, 0.3) is 5.91 Å². The van der Waals surface area contributed by atoms with Crippen LogP contribution in [0.4, 0.5) is 5.69 Å². The van der Waals surface area contributed by atoms with Crippen molar-refractivity contribution in [1.29, 1.82) is 0 Å². The summed E-state index contributed by atoms with van der Waals surface area (Å²) in [5.41, 5.74) is 5.09. The van der Waals surface area contributed by atoms with Crippen molar-refractivity contribution in [2.45, 2.75) is 59.1 Å². The van der Waals surface area contributed by atoms with Gasteiger partial charge in [-0.3, -0.25) is 9.69 Å². The van der Waals surface area contributed by atoms with E-state index in [0.717, 1.165) is 39.0 Å². The first kappa shape index (κ1) is 27.0. The van der Waals surface area contributed by atoms with Crippen molar-refractivity contribution in [2.24, 2.45) is 5.92 Å². The first-order valence-corrected chi connectivity index (χ1v) is 13.1. The summed E-state index contributed by atoms with van der Waals surface area (Å²) in [5, 5.41) is 0. The highest BCUT2D eigenvalue weighted by atomic mass is 16.5. The molecule has 0 N–H and O–H groups in total. The molecule has 1 aromatic rings. The lowest BCUT2D eigenvalue weighted by molar-refractivity contribution is -0.150. The van der Waals surface area contributed by atoms with Crippen molar-refractivity contribution in [1.82, 2.24) is 9.80 Å². The number of carbonyl (C=O) groups is 1. The Morgan fingerprint density at radius 1 is 1.31 bits per heavy atom. The summed E-state index contributed by atoms with van der Waals surface area (Å²) in [5.74, 6) is 3.03. The van der Waals surface area contributed by atoms with E-state index in [1.54, 1.807) is 6.08 Å². The molecule has 1 unspecified atom stereocenters. The lowest BCUT2D eigenvalue weighted by Gasteiger charge is -2.35. The molecule has 5 nitrogen and oxygen atoms in total. The Hall–Kier alpha value is -2.55. The van der Waals surface area contributed by atoms with Crippen molar-refractivity contribution in [3.8, 4) is 12.3 Å². The lowest BCUT2D eigenvalue weighted by Crippen LogP contribution is -2.51. The molecule has 190 valence electrons. The van der Waals surface area contributed by atoms with Crippen molar-refractivity contribution < 1.29 is 9.53 Å². The predicted molar refractivity (Wildman–Crippen MR) is 145 cm³/mol. The molecule has 0 aliphatic carbocycles. The van der Waals surface area contributed by atoms with Crippen LogP contribution in [0, 0.1) is 18.3 Å². The number of hydrogen-bond donors (Lipinski definition) is 0. The van der Waals surface area contributed by atoms with Crippen LogP contribution in [0.3, 0.4) is 0 Å². The zero-order chi connectivity index (χ0) is 25.2. The summed E-state index contributed by atoms with van der Waals surface area (Å²) in [6.07, 6.45) is 15.3. The SMILES string of the molecule is C#C/C=C\C(C)=C/CCN1CCOC(C(=O)N(Cc2ccc3c(c2)N(C)CCCC3)CC(C)C)C1. The van der Waals surface area contributed by atoms with Gasteiger partial charge < -0.3 is 14.5 Å². The second-order valence-corrected chi connectivity index (χ2v) is 10.4. The Labute approximate surface area is 212 Å². The molecule has 2 heterocycles. The van der Waals surface area contributed by atoms with E-state index < -0.39 is 6.10 Å². The molecular weight excluding hydrogens is 434 g/mol. The topological polar surface area (TPSA) is 36.0 Å². The lowest BCUT2D eigenvalue weighted by atomic mass is 10.0. The van der Waals surface area contributed by atoms with Crippen LogP contribution in [0.15, 0.2) is 42.0 Å². The fourth-order valence-electron chi connectivity index (χ4n) is 4.93. The third kappa shape index (κ3) is 8.26. The molecule has 0 aromatic heterocycles. The van der Waals surface area contributed by atoms with Crippen molar-refractivity contribution >= 4 is 11.6 Å². The van der Waals surface area contributed by atoms with Crippen molar-refractivity contribution in [2.75, 3.05) is 51.3 Å². The van der Waals surface area contributed by atoms with Gasteiger partial charge in [0.15, 0.2) is 0 Å². The van der Waals surface area contributed by atoms with Crippen LogP contribution in [-0.4, -0.2) is 68.2 Å². The van der Waals surface area contributed by atoms with Crippen LogP contribution in [0.5, 0.6) is 0 Å². The summed E-state index contributed by atoms with van der Waals surface area (Å²) in [4.78, 5) is 20.3. The first-order chi connectivity index (χ1) is 16.9. The Morgan fingerprint density at radius 3 is 2.91 bits per heavy atom. The van der Waals surface area contributed by atoms with E-state index in [0.29, 0.717) is 25.6 Å². The summed E-state index contributed by atoms with van der Waals surface area (Å²) >= 11 is 0. The number of aryl methyl sites for hydroxylation is 1. The molecule has 5 heteroatoms. The number of rotatable bonds is 9. The number of fused-ring (bicyclic) bond motifs is 1. The number of nitrogens with zero attached hydrogens (tertiary/aromatic N) is 3. The Kier molecular flexibility index (Phi) is 10.4. The van der Waals surface area contributed by atoms with Gasteiger partial charge in [-0.05, 0) is 61.8 Å².